The Bertz CT molecular complexity index is 1100. The molecular formula is C21H22N8O3. The number of carbonyl (C=O) groups excluding carboxylic acids is 1. The Morgan fingerprint density at radius 2 is 1.66 bits per heavy atom. The van der Waals surface area contributed by atoms with Crippen molar-refractivity contribution >= 4 is 40.4 Å². The molecule has 1 amide bonds. The third kappa shape index (κ3) is 4.72. The van der Waals surface area contributed by atoms with Crippen LogP contribution in [0.1, 0.15) is 6.92 Å². The van der Waals surface area contributed by atoms with Crippen LogP contribution in [-0.2, 0) is 4.79 Å². The van der Waals surface area contributed by atoms with E-state index in [1.807, 2.05) is 23.1 Å². The van der Waals surface area contributed by atoms with Crippen LogP contribution in [0.25, 0.3) is 0 Å². The van der Waals surface area contributed by atoms with Crippen molar-refractivity contribution in [1.82, 2.24) is 15.0 Å². The Hall–Kier alpha value is -4.28. The van der Waals surface area contributed by atoms with Gasteiger partial charge in [-0.15, -0.1) is 0 Å². The molecule has 0 radical (unpaired) electrons. The lowest BCUT2D eigenvalue weighted by Gasteiger charge is -2.35. The lowest BCUT2D eigenvalue weighted by atomic mass is 10.2. The maximum absolute atomic E-state index is 11.9. The van der Waals surface area contributed by atoms with E-state index in [1.54, 1.807) is 30.5 Å². The second kappa shape index (κ2) is 9.25. The van der Waals surface area contributed by atoms with Crippen LogP contribution in [0.5, 0.6) is 0 Å². The minimum absolute atomic E-state index is 0.111. The van der Waals surface area contributed by atoms with Crippen molar-refractivity contribution in [2.45, 2.75) is 6.92 Å². The minimum Gasteiger partial charge on any atom is -0.353 e. The average molecular weight is 434 g/mol. The molecule has 2 aromatic heterocycles. The summed E-state index contributed by atoms with van der Waals surface area (Å²) in [5.74, 6) is 1.10. The summed E-state index contributed by atoms with van der Waals surface area (Å²) in [5.41, 5.74) is 1.06. The number of piperazine rings is 1. The number of rotatable bonds is 6. The van der Waals surface area contributed by atoms with E-state index < -0.39 is 4.92 Å². The molecule has 2 N–H and O–H groups in total. The maximum atomic E-state index is 11.9. The van der Waals surface area contributed by atoms with E-state index in [1.165, 1.54) is 13.3 Å². The molecule has 0 unspecified atom stereocenters. The largest absolute Gasteiger partial charge is 0.353 e. The number of hydrogen-bond acceptors (Lipinski definition) is 9. The SMILES string of the molecule is CC(=O)Nc1ccc(Nc2ncnc(N3CCN(c4ccccn4)CC3)c2[N+](=O)[O-])cc1. The molecule has 0 saturated carbocycles. The monoisotopic (exact) mass is 434 g/mol. The van der Waals surface area contributed by atoms with Gasteiger partial charge >= 0.3 is 5.69 Å². The topological polar surface area (TPSA) is 129 Å². The molecule has 0 bridgehead atoms. The van der Waals surface area contributed by atoms with Crippen LogP contribution in [0, 0.1) is 10.1 Å². The first-order chi connectivity index (χ1) is 15.5. The van der Waals surface area contributed by atoms with E-state index in [0.717, 1.165) is 5.82 Å². The minimum atomic E-state index is -0.464. The second-order valence-electron chi connectivity index (χ2n) is 7.20. The van der Waals surface area contributed by atoms with E-state index >= 15 is 0 Å². The van der Waals surface area contributed by atoms with Gasteiger partial charge in [0.25, 0.3) is 0 Å². The van der Waals surface area contributed by atoms with Crippen molar-refractivity contribution in [3.05, 3.63) is 65.1 Å². The summed E-state index contributed by atoms with van der Waals surface area (Å²) < 4.78 is 0. The summed E-state index contributed by atoms with van der Waals surface area (Å²) >= 11 is 0. The molecule has 11 heteroatoms. The summed E-state index contributed by atoms with van der Waals surface area (Å²) in [4.78, 5) is 39.4. The van der Waals surface area contributed by atoms with Crippen LogP contribution in [0.2, 0.25) is 0 Å². The van der Waals surface area contributed by atoms with E-state index in [2.05, 4.69) is 30.5 Å². The van der Waals surface area contributed by atoms with Gasteiger partial charge in [0.15, 0.2) is 0 Å². The quantitative estimate of drug-likeness (QED) is 0.444. The Labute approximate surface area is 184 Å². The lowest BCUT2D eigenvalue weighted by molar-refractivity contribution is -0.383. The smallest absolute Gasteiger partial charge is 0.353 e. The third-order valence-electron chi connectivity index (χ3n) is 5.01. The number of hydrogen-bond donors (Lipinski definition) is 2. The Kier molecular flexibility index (Phi) is 6.06. The fraction of sp³-hybridized carbons (Fsp3) is 0.238. The standard InChI is InChI=1S/C21H22N8O3/c1-15(30)25-16-5-7-17(8-6-16)26-20-19(29(31)32)21(24-14-23-20)28-12-10-27(11-13-28)18-4-2-3-9-22-18/h2-9,14H,10-13H2,1H3,(H,25,30)(H,23,24,26). The molecule has 1 aliphatic rings. The number of nitrogens with one attached hydrogen (secondary N) is 2. The average Bonchev–Trinajstić information content (AvgIpc) is 2.80. The zero-order chi connectivity index (χ0) is 22.5. The number of pyridine rings is 1. The van der Waals surface area contributed by atoms with Crippen molar-refractivity contribution in [3.63, 3.8) is 0 Å². The molecule has 1 aliphatic heterocycles. The molecule has 1 saturated heterocycles. The predicted octanol–water partition coefficient (Wildman–Crippen LogP) is 2.81. The van der Waals surface area contributed by atoms with Crippen molar-refractivity contribution < 1.29 is 9.72 Å². The molecular weight excluding hydrogens is 412 g/mol. The van der Waals surface area contributed by atoms with Gasteiger partial charge in [-0.05, 0) is 36.4 Å². The molecule has 32 heavy (non-hydrogen) atoms. The normalized spacial score (nSPS) is 13.5. The molecule has 164 valence electrons. The summed E-state index contributed by atoms with van der Waals surface area (Å²) in [7, 11) is 0. The van der Waals surface area contributed by atoms with Gasteiger partial charge in [0.05, 0.1) is 4.92 Å². The highest BCUT2D eigenvalue weighted by molar-refractivity contribution is 5.89. The second-order valence-corrected chi connectivity index (χ2v) is 7.20. The first-order valence-corrected chi connectivity index (χ1v) is 10.1. The van der Waals surface area contributed by atoms with Crippen LogP contribution in [-0.4, -0.2) is 52.0 Å². The fourth-order valence-corrected chi connectivity index (χ4v) is 3.53. The van der Waals surface area contributed by atoms with Gasteiger partial charge in [0, 0.05) is 50.7 Å². The Balaban J connectivity index is 1.52. The highest BCUT2D eigenvalue weighted by Crippen LogP contribution is 2.34. The molecule has 3 aromatic rings. The zero-order valence-corrected chi connectivity index (χ0v) is 17.4. The van der Waals surface area contributed by atoms with E-state index in [9.17, 15) is 14.9 Å². The van der Waals surface area contributed by atoms with Crippen molar-refractivity contribution in [2.24, 2.45) is 0 Å². The highest BCUT2D eigenvalue weighted by Gasteiger charge is 2.29. The summed E-state index contributed by atoms with van der Waals surface area (Å²) in [6.45, 7) is 3.91. The molecule has 0 atom stereocenters. The fourth-order valence-electron chi connectivity index (χ4n) is 3.53. The number of nitrogens with zero attached hydrogens (tertiary/aromatic N) is 6. The molecule has 0 spiro atoms. The molecule has 11 nitrogen and oxygen atoms in total. The molecule has 1 fully saturated rings. The third-order valence-corrected chi connectivity index (χ3v) is 5.01. The van der Waals surface area contributed by atoms with Crippen LogP contribution >= 0.6 is 0 Å². The molecule has 4 rings (SSSR count). The number of benzene rings is 1. The molecule has 1 aromatic carbocycles. The van der Waals surface area contributed by atoms with Gasteiger partial charge in [-0.25, -0.2) is 15.0 Å². The summed E-state index contributed by atoms with van der Waals surface area (Å²) in [5, 5.41) is 17.6. The number of nitro groups is 1. The van der Waals surface area contributed by atoms with Gasteiger partial charge in [-0.2, -0.15) is 0 Å². The highest BCUT2D eigenvalue weighted by atomic mass is 16.6. The Morgan fingerprint density at radius 1 is 0.969 bits per heavy atom. The molecule has 3 heterocycles. The first kappa shape index (κ1) is 21.0. The zero-order valence-electron chi connectivity index (χ0n) is 17.4. The number of anilines is 5. The lowest BCUT2D eigenvalue weighted by Crippen LogP contribution is -2.47. The van der Waals surface area contributed by atoms with Crippen molar-refractivity contribution in [2.75, 3.05) is 46.6 Å². The van der Waals surface area contributed by atoms with Gasteiger partial charge in [0.2, 0.25) is 17.5 Å². The van der Waals surface area contributed by atoms with Crippen LogP contribution < -0.4 is 20.4 Å². The van der Waals surface area contributed by atoms with E-state index in [0.29, 0.717) is 37.6 Å². The number of amides is 1. The van der Waals surface area contributed by atoms with Crippen LogP contribution in [0.15, 0.2) is 55.0 Å². The van der Waals surface area contributed by atoms with Crippen LogP contribution in [0.3, 0.4) is 0 Å². The summed E-state index contributed by atoms with van der Waals surface area (Å²) in [6.07, 6.45) is 3.07. The van der Waals surface area contributed by atoms with Gasteiger partial charge in [0.1, 0.15) is 12.1 Å². The van der Waals surface area contributed by atoms with E-state index in [-0.39, 0.29) is 23.2 Å². The van der Waals surface area contributed by atoms with Crippen molar-refractivity contribution in [1.29, 1.82) is 0 Å². The Morgan fingerprint density at radius 3 is 2.28 bits per heavy atom. The first-order valence-electron chi connectivity index (χ1n) is 10.1. The van der Waals surface area contributed by atoms with E-state index in [4.69, 9.17) is 0 Å². The van der Waals surface area contributed by atoms with Gasteiger partial charge in [-0.3, -0.25) is 14.9 Å². The molecule has 0 aliphatic carbocycles. The number of aromatic nitrogens is 3. The van der Waals surface area contributed by atoms with Gasteiger partial charge in [-0.1, -0.05) is 6.07 Å². The maximum Gasteiger partial charge on any atom is 0.353 e. The van der Waals surface area contributed by atoms with Crippen molar-refractivity contribution in [3.8, 4) is 0 Å². The summed E-state index contributed by atoms with van der Waals surface area (Å²) in [6, 6.07) is 12.6. The predicted molar refractivity (Wildman–Crippen MR) is 121 cm³/mol. The van der Waals surface area contributed by atoms with Gasteiger partial charge < -0.3 is 20.4 Å². The number of carbonyl (C=O) groups is 1. The van der Waals surface area contributed by atoms with Crippen LogP contribution in [0.4, 0.5) is 34.5 Å².